The SMILES string of the molecule is CCCCCCCCCCn1cc(-c2noc([C@@H]3CCCN3/C(N)=N/O)n2)c2ccccc21. The summed E-state index contributed by atoms with van der Waals surface area (Å²) in [4.78, 5) is 6.52. The minimum Gasteiger partial charge on any atom is -0.408 e. The van der Waals surface area contributed by atoms with E-state index >= 15 is 0 Å². The Kier molecular flexibility index (Phi) is 7.86. The number of para-hydroxylation sites is 1. The predicted molar refractivity (Wildman–Crippen MR) is 130 cm³/mol. The van der Waals surface area contributed by atoms with Crippen molar-refractivity contribution in [3.63, 3.8) is 0 Å². The second-order valence-corrected chi connectivity index (χ2v) is 8.99. The lowest BCUT2D eigenvalue weighted by Gasteiger charge is -2.21. The first-order chi connectivity index (χ1) is 16.2. The minimum atomic E-state index is -0.159. The molecule has 0 amide bonds. The van der Waals surface area contributed by atoms with Crippen LogP contribution < -0.4 is 5.73 Å². The summed E-state index contributed by atoms with van der Waals surface area (Å²) < 4.78 is 7.95. The number of unbranched alkanes of at least 4 members (excludes halogenated alkanes) is 7. The zero-order valence-corrected chi connectivity index (χ0v) is 19.6. The number of hydrogen-bond acceptors (Lipinski definition) is 5. The molecule has 3 heterocycles. The molecule has 4 rings (SSSR count). The van der Waals surface area contributed by atoms with Crippen LogP contribution in [0.1, 0.15) is 83.1 Å². The summed E-state index contributed by atoms with van der Waals surface area (Å²) in [6, 6.07) is 8.23. The Morgan fingerprint density at radius 3 is 2.70 bits per heavy atom. The van der Waals surface area contributed by atoms with E-state index in [9.17, 15) is 0 Å². The van der Waals surface area contributed by atoms with Crippen molar-refractivity contribution in [3.8, 4) is 11.4 Å². The van der Waals surface area contributed by atoms with Gasteiger partial charge in [-0.1, -0.05) is 80.4 Å². The van der Waals surface area contributed by atoms with E-state index in [4.69, 9.17) is 20.4 Å². The number of guanidine groups is 1. The third kappa shape index (κ3) is 5.31. The first kappa shape index (κ1) is 23.1. The Balaban J connectivity index is 1.45. The topological polar surface area (TPSA) is 106 Å². The van der Waals surface area contributed by atoms with E-state index in [0.717, 1.165) is 30.3 Å². The van der Waals surface area contributed by atoms with Crippen LogP contribution in [0.2, 0.25) is 0 Å². The van der Waals surface area contributed by atoms with E-state index < -0.39 is 0 Å². The molecule has 0 spiro atoms. The summed E-state index contributed by atoms with van der Waals surface area (Å²) in [5, 5.41) is 17.6. The molecule has 3 N–H and O–H groups in total. The molecule has 0 aliphatic carbocycles. The number of hydrogen-bond donors (Lipinski definition) is 2. The highest BCUT2D eigenvalue weighted by Gasteiger charge is 2.32. The van der Waals surface area contributed by atoms with Gasteiger partial charge in [-0.25, -0.2) is 0 Å². The van der Waals surface area contributed by atoms with Crippen LogP contribution in [0.3, 0.4) is 0 Å². The molecule has 2 aromatic heterocycles. The van der Waals surface area contributed by atoms with Gasteiger partial charge in [0.05, 0.1) is 0 Å². The molecule has 1 aliphatic heterocycles. The maximum absolute atomic E-state index is 9.07. The van der Waals surface area contributed by atoms with Crippen LogP contribution in [0, 0.1) is 0 Å². The zero-order chi connectivity index (χ0) is 23.0. The fraction of sp³-hybridized carbons (Fsp3) is 0.560. The summed E-state index contributed by atoms with van der Waals surface area (Å²) in [5.74, 6) is 1.18. The number of rotatable bonds is 11. The van der Waals surface area contributed by atoms with Gasteiger partial charge in [-0.2, -0.15) is 4.98 Å². The van der Waals surface area contributed by atoms with Crippen LogP contribution in [0.15, 0.2) is 40.1 Å². The van der Waals surface area contributed by atoms with Gasteiger partial charge in [0.1, 0.15) is 6.04 Å². The molecule has 1 saturated heterocycles. The van der Waals surface area contributed by atoms with Gasteiger partial charge in [0, 0.05) is 35.8 Å². The average Bonchev–Trinajstić information content (AvgIpc) is 3.58. The van der Waals surface area contributed by atoms with Crippen LogP contribution in [-0.2, 0) is 6.54 Å². The van der Waals surface area contributed by atoms with Gasteiger partial charge in [-0.05, 0) is 25.3 Å². The summed E-state index contributed by atoms with van der Waals surface area (Å²) in [5.41, 5.74) is 8.01. The van der Waals surface area contributed by atoms with Crippen molar-refractivity contribution in [1.82, 2.24) is 19.6 Å². The van der Waals surface area contributed by atoms with Crippen LogP contribution in [0.4, 0.5) is 0 Å². The van der Waals surface area contributed by atoms with Crippen LogP contribution in [-0.4, -0.2) is 37.3 Å². The van der Waals surface area contributed by atoms with Gasteiger partial charge in [0.2, 0.25) is 17.7 Å². The monoisotopic (exact) mass is 452 g/mol. The molecule has 0 radical (unpaired) electrons. The van der Waals surface area contributed by atoms with Gasteiger partial charge in [0.25, 0.3) is 0 Å². The Morgan fingerprint density at radius 1 is 1.15 bits per heavy atom. The lowest BCUT2D eigenvalue weighted by Crippen LogP contribution is -2.36. The summed E-state index contributed by atoms with van der Waals surface area (Å²) >= 11 is 0. The molecule has 0 unspecified atom stereocenters. The average molecular weight is 453 g/mol. The van der Waals surface area contributed by atoms with Crippen molar-refractivity contribution in [2.75, 3.05) is 6.54 Å². The van der Waals surface area contributed by atoms with Crippen molar-refractivity contribution in [2.24, 2.45) is 10.9 Å². The Morgan fingerprint density at radius 2 is 1.91 bits per heavy atom. The molecule has 178 valence electrons. The minimum absolute atomic E-state index is 0.0826. The molecular weight excluding hydrogens is 416 g/mol. The van der Waals surface area contributed by atoms with Crippen molar-refractivity contribution < 1.29 is 9.73 Å². The van der Waals surface area contributed by atoms with Gasteiger partial charge < -0.3 is 24.9 Å². The van der Waals surface area contributed by atoms with Crippen molar-refractivity contribution in [1.29, 1.82) is 0 Å². The fourth-order valence-electron chi connectivity index (χ4n) is 4.86. The number of benzene rings is 1. The highest BCUT2D eigenvalue weighted by atomic mass is 16.5. The van der Waals surface area contributed by atoms with Gasteiger partial charge >= 0.3 is 0 Å². The van der Waals surface area contributed by atoms with Gasteiger partial charge in [0.15, 0.2) is 0 Å². The second-order valence-electron chi connectivity index (χ2n) is 8.99. The molecule has 0 saturated carbocycles. The fourth-order valence-corrected chi connectivity index (χ4v) is 4.86. The molecule has 0 bridgehead atoms. The van der Waals surface area contributed by atoms with E-state index in [1.165, 1.54) is 56.9 Å². The number of nitrogens with two attached hydrogens (primary N) is 1. The molecule has 8 heteroatoms. The molecule has 1 aliphatic rings. The van der Waals surface area contributed by atoms with E-state index in [1.54, 1.807) is 0 Å². The Bertz CT molecular complexity index is 1060. The largest absolute Gasteiger partial charge is 0.408 e. The smallest absolute Gasteiger partial charge is 0.249 e. The highest BCUT2D eigenvalue weighted by molar-refractivity contribution is 5.94. The molecule has 1 aromatic carbocycles. The lowest BCUT2D eigenvalue weighted by atomic mass is 10.1. The molecule has 3 aromatic rings. The zero-order valence-electron chi connectivity index (χ0n) is 19.6. The number of nitrogens with zero attached hydrogens (tertiary/aromatic N) is 5. The van der Waals surface area contributed by atoms with Crippen molar-refractivity contribution in [2.45, 2.75) is 83.7 Å². The third-order valence-corrected chi connectivity index (χ3v) is 6.66. The molecular formula is C25H36N6O2. The molecule has 1 fully saturated rings. The second kappa shape index (κ2) is 11.2. The Labute approximate surface area is 195 Å². The number of aryl methyl sites for hydroxylation is 1. The predicted octanol–water partition coefficient (Wildman–Crippen LogP) is 5.67. The van der Waals surface area contributed by atoms with E-state index in [-0.39, 0.29) is 12.0 Å². The summed E-state index contributed by atoms with van der Waals surface area (Å²) in [7, 11) is 0. The van der Waals surface area contributed by atoms with E-state index in [1.807, 2.05) is 11.0 Å². The first-order valence-corrected chi connectivity index (χ1v) is 12.4. The maximum Gasteiger partial charge on any atom is 0.249 e. The first-order valence-electron chi connectivity index (χ1n) is 12.4. The summed E-state index contributed by atoms with van der Waals surface area (Å²) in [6.45, 7) is 3.95. The number of likely N-dealkylation sites (tertiary alicyclic amines) is 1. The van der Waals surface area contributed by atoms with Gasteiger partial charge in [-0.3, -0.25) is 0 Å². The third-order valence-electron chi connectivity index (χ3n) is 6.66. The van der Waals surface area contributed by atoms with Gasteiger partial charge in [-0.15, -0.1) is 0 Å². The normalized spacial score (nSPS) is 16.8. The number of aromatic nitrogens is 3. The van der Waals surface area contributed by atoms with Crippen LogP contribution in [0.5, 0.6) is 0 Å². The molecule has 1 atom stereocenters. The van der Waals surface area contributed by atoms with Crippen molar-refractivity contribution in [3.05, 3.63) is 36.4 Å². The molecule has 8 nitrogen and oxygen atoms in total. The van der Waals surface area contributed by atoms with Crippen molar-refractivity contribution >= 4 is 16.9 Å². The lowest BCUT2D eigenvalue weighted by molar-refractivity contribution is 0.263. The standard InChI is InChI=1S/C25H36N6O2/c1-2-3-4-5-6-7-8-11-16-30-18-20(19-13-9-10-14-21(19)30)23-27-24(33-29-23)22-15-12-17-31(22)25(26)28-32/h9-10,13-14,18,22,32H,2-8,11-12,15-17H2,1H3,(H2,26,28)/t22-/m0/s1. The van der Waals surface area contributed by atoms with Crippen LogP contribution >= 0.6 is 0 Å². The van der Waals surface area contributed by atoms with Crippen LogP contribution in [0.25, 0.3) is 22.3 Å². The quantitative estimate of drug-likeness (QED) is 0.128. The Hall–Kier alpha value is -3.03. The van der Waals surface area contributed by atoms with E-state index in [0.29, 0.717) is 18.3 Å². The molecule has 33 heavy (non-hydrogen) atoms. The number of fused-ring (bicyclic) bond motifs is 1. The maximum atomic E-state index is 9.07. The summed E-state index contributed by atoms with van der Waals surface area (Å²) in [6.07, 6.45) is 14.4. The highest BCUT2D eigenvalue weighted by Crippen LogP contribution is 2.34. The van der Waals surface area contributed by atoms with E-state index in [2.05, 4.69) is 46.2 Å². The number of oxime groups is 1.